The Morgan fingerprint density at radius 2 is 2.32 bits per heavy atom. The van der Waals surface area contributed by atoms with Gasteiger partial charge in [0, 0.05) is 23.5 Å². The molecule has 0 radical (unpaired) electrons. The molecule has 1 aliphatic rings. The Kier molecular flexibility index (Phi) is 3.48. The number of amides is 1. The van der Waals surface area contributed by atoms with Crippen molar-refractivity contribution in [3.05, 3.63) is 36.4 Å². The van der Waals surface area contributed by atoms with Gasteiger partial charge in [0.05, 0.1) is 35.2 Å². The molecule has 7 nitrogen and oxygen atoms in total. The fraction of sp³-hybridized carbons (Fsp3) is 0.353. The van der Waals surface area contributed by atoms with Crippen LogP contribution >= 0.6 is 0 Å². The molecule has 25 heavy (non-hydrogen) atoms. The Hall–Kier alpha value is -2.90. The molecular formula is C17H19FN6O. The molecule has 3 aromatic heterocycles. The van der Waals surface area contributed by atoms with Gasteiger partial charge in [0.2, 0.25) is 0 Å². The lowest BCUT2D eigenvalue weighted by atomic mass is 10.0. The minimum Gasteiger partial charge on any atom is -0.377 e. The Bertz CT molecular complexity index is 930. The summed E-state index contributed by atoms with van der Waals surface area (Å²) in [6.07, 6.45) is 8.73. The van der Waals surface area contributed by atoms with E-state index in [9.17, 15) is 9.18 Å². The highest BCUT2D eigenvalue weighted by Gasteiger charge is 2.39. The lowest BCUT2D eigenvalue weighted by molar-refractivity contribution is 0.1000. The zero-order chi connectivity index (χ0) is 17.6. The van der Waals surface area contributed by atoms with Gasteiger partial charge in [-0.1, -0.05) is 0 Å². The molecule has 130 valence electrons. The van der Waals surface area contributed by atoms with E-state index in [1.54, 1.807) is 23.8 Å². The van der Waals surface area contributed by atoms with Gasteiger partial charge in [0.15, 0.2) is 0 Å². The molecule has 0 bridgehead atoms. The molecule has 1 saturated carbocycles. The van der Waals surface area contributed by atoms with Crippen LogP contribution in [0.1, 0.15) is 36.5 Å². The average molecular weight is 342 g/mol. The van der Waals surface area contributed by atoms with E-state index in [1.807, 2.05) is 12.3 Å². The van der Waals surface area contributed by atoms with Gasteiger partial charge in [-0.3, -0.25) is 9.89 Å². The standard InChI is InChI=1S/C17H19FN6O/c1-17(18)4-2-3-14(17)23-15-12(16(19)25)8-22-24-9-10(5-13(15)24)11-6-20-21-7-11/h5-9,14,23H,2-4H2,1H3,(H2,19,25)(H,20,21)/t14-,17+/m1/s1. The second-order valence-corrected chi connectivity index (χ2v) is 6.71. The zero-order valence-electron chi connectivity index (χ0n) is 13.8. The first-order valence-electron chi connectivity index (χ1n) is 8.21. The summed E-state index contributed by atoms with van der Waals surface area (Å²) in [5.41, 5.74) is 7.43. The molecule has 0 aromatic carbocycles. The van der Waals surface area contributed by atoms with Gasteiger partial charge < -0.3 is 11.1 Å². The third-order valence-corrected chi connectivity index (χ3v) is 4.94. The summed E-state index contributed by atoms with van der Waals surface area (Å²) in [5, 5.41) is 14.2. The van der Waals surface area contributed by atoms with E-state index in [0.717, 1.165) is 17.5 Å². The van der Waals surface area contributed by atoms with Crippen molar-refractivity contribution in [3.63, 3.8) is 0 Å². The summed E-state index contributed by atoms with van der Waals surface area (Å²) in [6.45, 7) is 1.59. The van der Waals surface area contributed by atoms with Crippen LogP contribution < -0.4 is 11.1 Å². The number of anilines is 1. The van der Waals surface area contributed by atoms with Gasteiger partial charge in [0.25, 0.3) is 5.91 Å². The average Bonchev–Trinajstić information content (AvgIpc) is 3.27. The summed E-state index contributed by atoms with van der Waals surface area (Å²) in [7, 11) is 0. The third-order valence-electron chi connectivity index (χ3n) is 4.94. The second kappa shape index (κ2) is 5.58. The summed E-state index contributed by atoms with van der Waals surface area (Å²) >= 11 is 0. The van der Waals surface area contributed by atoms with Crippen LogP contribution in [0.25, 0.3) is 16.6 Å². The number of nitrogens with two attached hydrogens (primary N) is 1. The lowest BCUT2D eigenvalue weighted by Crippen LogP contribution is -2.36. The largest absolute Gasteiger partial charge is 0.377 e. The summed E-state index contributed by atoms with van der Waals surface area (Å²) in [4.78, 5) is 11.9. The lowest BCUT2D eigenvalue weighted by Gasteiger charge is -2.26. The summed E-state index contributed by atoms with van der Waals surface area (Å²) in [6, 6.07) is 1.51. The van der Waals surface area contributed by atoms with Crippen molar-refractivity contribution < 1.29 is 9.18 Å². The highest BCUT2D eigenvalue weighted by Crippen LogP contribution is 2.37. The highest BCUT2D eigenvalue weighted by atomic mass is 19.1. The number of nitrogens with zero attached hydrogens (tertiary/aromatic N) is 3. The van der Waals surface area contributed by atoms with Crippen LogP contribution in [0.4, 0.5) is 10.1 Å². The molecule has 1 amide bonds. The molecule has 1 fully saturated rings. The van der Waals surface area contributed by atoms with E-state index in [1.165, 1.54) is 6.20 Å². The van der Waals surface area contributed by atoms with E-state index in [4.69, 9.17) is 5.73 Å². The molecular weight excluding hydrogens is 323 g/mol. The van der Waals surface area contributed by atoms with Gasteiger partial charge >= 0.3 is 0 Å². The number of H-pyrrole nitrogens is 1. The predicted molar refractivity (Wildman–Crippen MR) is 92.1 cm³/mol. The maximum absolute atomic E-state index is 14.7. The number of nitrogens with one attached hydrogen (secondary N) is 2. The maximum atomic E-state index is 14.7. The number of aromatic nitrogens is 4. The summed E-state index contributed by atoms with van der Waals surface area (Å²) < 4.78 is 16.4. The van der Waals surface area contributed by atoms with Crippen molar-refractivity contribution in [3.8, 4) is 11.1 Å². The van der Waals surface area contributed by atoms with Crippen molar-refractivity contribution in [2.75, 3.05) is 5.32 Å². The Labute approximate surface area is 143 Å². The van der Waals surface area contributed by atoms with Crippen molar-refractivity contribution >= 4 is 17.1 Å². The molecule has 0 saturated heterocycles. The minimum absolute atomic E-state index is 0.257. The van der Waals surface area contributed by atoms with E-state index >= 15 is 0 Å². The van der Waals surface area contributed by atoms with E-state index in [2.05, 4.69) is 20.6 Å². The fourth-order valence-electron chi connectivity index (χ4n) is 3.49. The first-order valence-corrected chi connectivity index (χ1v) is 8.21. The molecule has 0 spiro atoms. The predicted octanol–water partition coefficient (Wildman–Crippen LogP) is 2.52. The van der Waals surface area contributed by atoms with Crippen molar-refractivity contribution in [1.82, 2.24) is 19.8 Å². The number of rotatable bonds is 4. The SMILES string of the molecule is C[C@]1(F)CCC[C@H]1Nc1c(C(N)=O)cnn2cc(-c3cn[nH]c3)cc12. The van der Waals surface area contributed by atoms with Crippen molar-refractivity contribution in [2.45, 2.75) is 37.9 Å². The van der Waals surface area contributed by atoms with Crippen molar-refractivity contribution in [2.24, 2.45) is 5.73 Å². The molecule has 0 aliphatic heterocycles. The molecule has 8 heteroatoms. The number of carbonyl (C=O) groups is 1. The number of hydrogen-bond acceptors (Lipinski definition) is 4. The molecule has 3 heterocycles. The van der Waals surface area contributed by atoms with Crippen LogP contribution in [0.2, 0.25) is 0 Å². The van der Waals surface area contributed by atoms with E-state index in [-0.39, 0.29) is 11.6 Å². The van der Waals surface area contributed by atoms with Crippen LogP contribution in [-0.2, 0) is 0 Å². The number of halogens is 1. The summed E-state index contributed by atoms with van der Waals surface area (Å²) in [5.74, 6) is -0.595. The molecule has 0 unspecified atom stereocenters. The van der Waals surface area contributed by atoms with Gasteiger partial charge in [-0.05, 0) is 32.3 Å². The third kappa shape index (κ3) is 2.63. The first-order chi connectivity index (χ1) is 12.0. The van der Waals surface area contributed by atoms with Crippen LogP contribution in [0.5, 0.6) is 0 Å². The molecule has 3 aromatic rings. The minimum atomic E-state index is -1.32. The number of aromatic amines is 1. The van der Waals surface area contributed by atoms with Crippen LogP contribution in [-0.4, -0.2) is 37.4 Å². The molecule has 1 aliphatic carbocycles. The monoisotopic (exact) mass is 342 g/mol. The number of fused-ring (bicyclic) bond motifs is 1. The van der Waals surface area contributed by atoms with Crippen molar-refractivity contribution in [1.29, 1.82) is 0 Å². The number of carbonyl (C=O) groups excluding carboxylic acids is 1. The topological polar surface area (TPSA) is 101 Å². The van der Waals surface area contributed by atoms with Gasteiger partial charge in [-0.2, -0.15) is 10.2 Å². The van der Waals surface area contributed by atoms with Crippen LogP contribution in [0, 0.1) is 0 Å². The Morgan fingerprint density at radius 1 is 1.48 bits per heavy atom. The van der Waals surface area contributed by atoms with Gasteiger partial charge in [-0.15, -0.1) is 0 Å². The maximum Gasteiger partial charge on any atom is 0.252 e. The Balaban J connectivity index is 1.84. The van der Waals surface area contributed by atoms with Gasteiger partial charge in [-0.25, -0.2) is 8.91 Å². The highest BCUT2D eigenvalue weighted by molar-refractivity contribution is 6.02. The number of hydrogen-bond donors (Lipinski definition) is 3. The van der Waals surface area contributed by atoms with Crippen LogP contribution in [0.3, 0.4) is 0 Å². The first kappa shape index (κ1) is 15.6. The van der Waals surface area contributed by atoms with Gasteiger partial charge in [0.1, 0.15) is 5.67 Å². The van der Waals surface area contributed by atoms with E-state index in [0.29, 0.717) is 24.0 Å². The fourth-order valence-corrected chi connectivity index (χ4v) is 3.49. The second-order valence-electron chi connectivity index (χ2n) is 6.71. The Morgan fingerprint density at radius 3 is 2.96 bits per heavy atom. The molecule has 4 rings (SSSR count). The van der Waals surface area contributed by atoms with E-state index < -0.39 is 11.6 Å². The quantitative estimate of drug-likeness (QED) is 0.678. The molecule has 4 N–H and O–H groups in total. The molecule has 2 atom stereocenters. The number of primary amides is 1. The van der Waals surface area contributed by atoms with Crippen LogP contribution in [0.15, 0.2) is 30.9 Å². The zero-order valence-corrected chi connectivity index (χ0v) is 13.8. The normalized spacial score (nSPS) is 23.2. The smallest absolute Gasteiger partial charge is 0.252 e. The number of alkyl halides is 1.